The van der Waals surface area contributed by atoms with Crippen LogP contribution < -0.4 is 5.84 Å². The molecule has 0 aromatic rings. The van der Waals surface area contributed by atoms with Gasteiger partial charge in [0.1, 0.15) is 0 Å². The predicted molar refractivity (Wildman–Crippen MR) is 43.5 cm³/mol. The minimum absolute atomic E-state index is 0.105. The summed E-state index contributed by atoms with van der Waals surface area (Å²) in [5, 5.41) is 1.34. The number of nitrogens with zero attached hydrogens (tertiary/aromatic N) is 2. The molecule has 2 N–H and O–H groups in total. The molecule has 1 aliphatic heterocycles. The van der Waals surface area contributed by atoms with Crippen LogP contribution in [0.1, 0.15) is 0 Å². The van der Waals surface area contributed by atoms with E-state index in [4.69, 9.17) is 5.84 Å². The second kappa shape index (κ2) is 3.23. The summed E-state index contributed by atoms with van der Waals surface area (Å²) in [6, 6.07) is 0. The Bertz CT molecular complexity index is 153. The molecule has 54 valence electrons. The number of piperazine rings is 1. The quantitative estimate of drug-likeness (QED) is 0.234. The number of carbonyl (C=O) groups excluding carboxylic acids is 1. The molecule has 1 saturated heterocycles. The number of amides is 1. The van der Waals surface area contributed by atoms with Gasteiger partial charge in [-0.15, -0.1) is 0 Å². The van der Waals surface area contributed by atoms with Crippen molar-refractivity contribution in [3.05, 3.63) is 0 Å². The molecule has 1 atom stereocenters. The van der Waals surface area contributed by atoms with E-state index >= 15 is 0 Å². The van der Waals surface area contributed by atoms with Crippen molar-refractivity contribution in [1.29, 1.82) is 0 Å². The Hall–Kier alpha value is 0.455. The van der Waals surface area contributed by atoms with Crippen LogP contribution in [-0.2, 0) is 4.79 Å². The Labute approximate surface area is 76.4 Å². The first kappa shape index (κ1) is 8.55. The number of hydrazine groups is 1. The number of rotatable bonds is 0. The van der Waals surface area contributed by atoms with Crippen molar-refractivity contribution in [3.8, 4) is 0 Å². The Balaban J connectivity index is 2.60. The molecule has 4 nitrogen and oxygen atoms in total. The van der Waals surface area contributed by atoms with E-state index in [1.54, 1.807) is 0 Å². The maximum absolute atomic E-state index is 11.2. The fourth-order valence-electron chi connectivity index (χ4n) is 0.998. The lowest BCUT2D eigenvalue weighted by Gasteiger charge is -2.35. The van der Waals surface area contributed by atoms with Crippen LogP contribution in [0.2, 0.25) is 0 Å². The van der Waals surface area contributed by atoms with Crippen LogP contribution in [0.4, 0.5) is 0 Å². The van der Waals surface area contributed by atoms with Gasteiger partial charge < -0.3 is 3.88 Å². The van der Waals surface area contributed by atoms with E-state index in [0.29, 0.717) is 6.54 Å². The van der Waals surface area contributed by atoms with Gasteiger partial charge in [-0.25, -0.2) is 5.84 Å². The van der Waals surface area contributed by atoms with Crippen molar-refractivity contribution < 1.29 is 4.79 Å². The fraction of sp³-hybridized carbons (Fsp3) is 0.750. The molecule has 0 aromatic heterocycles. The highest BCUT2D eigenvalue weighted by Gasteiger charge is 2.25. The molecule has 0 spiro atoms. The summed E-state index contributed by atoms with van der Waals surface area (Å²) in [5.74, 6) is 5.53. The highest BCUT2D eigenvalue weighted by molar-refractivity contribution is 6.27. The minimum atomic E-state index is 0.105. The zero-order valence-corrected chi connectivity index (χ0v) is 10.4. The predicted octanol–water partition coefficient (Wildman–Crippen LogP) is -3.49. The van der Waals surface area contributed by atoms with Crippen LogP contribution >= 0.6 is 0 Å². The number of hydrogen-bond acceptors (Lipinski definition) is 3. The molecule has 1 unspecified atom stereocenters. The Kier molecular flexibility index (Phi) is 2.77. The maximum Gasteiger partial charge on any atom is 0.321 e. The van der Waals surface area contributed by atoms with Gasteiger partial charge >= 0.3 is 16.5 Å². The molecular formula is C4H11Al2N3O. The van der Waals surface area contributed by atoms with Gasteiger partial charge in [0.2, 0.25) is 5.91 Å². The molecule has 1 rings (SSSR count). The van der Waals surface area contributed by atoms with Gasteiger partial charge in [-0.1, -0.05) is 0 Å². The monoisotopic (exact) mass is 171 g/mol. The van der Waals surface area contributed by atoms with Gasteiger partial charge in [-0.2, -0.15) is 0 Å². The van der Waals surface area contributed by atoms with Gasteiger partial charge in [0.25, 0.3) is 16.3 Å². The van der Waals surface area contributed by atoms with Gasteiger partial charge in [0, 0.05) is 11.4 Å². The van der Waals surface area contributed by atoms with Crippen LogP contribution in [0.15, 0.2) is 0 Å². The minimum Gasteiger partial charge on any atom is -0.391 e. The topological polar surface area (TPSA) is 49.6 Å². The van der Waals surface area contributed by atoms with Crippen molar-refractivity contribution in [1.82, 2.24) is 8.89 Å². The van der Waals surface area contributed by atoms with Crippen molar-refractivity contribution in [2.24, 2.45) is 5.84 Å². The van der Waals surface area contributed by atoms with E-state index in [0.717, 1.165) is 39.3 Å². The van der Waals surface area contributed by atoms with Crippen molar-refractivity contribution in [3.63, 3.8) is 0 Å². The average molecular weight is 171 g/mol. The maximum atomic E-state index is 11.2. The van der Waals surface area contributed by atoms with E-state index in [1.807, 2.05) is 0 Å². The molecule has 0 aliphatic carbocycles. The van der Waals surface area contributed by atoms with Crippen molar-refractivity contribution in [2.75, 3.05) is 13.1 Å². The zero-order valence-electron chi connectivity index (χ0n) is 6.37. The molecule has 1 fully saturated rings. The number of hydrogen-bond donors (Lipinski definition) is 1. The van der Waals surface area contributed by atoms with Crippen LogP contribution in [0.25, 0.3) is 0 Å². The highest BCUT2D eigenvalue weighted by atomic mass is 27.1. The Morgan fingerprint density at radius 2 is 2.20 bits per heavy atom. The van der Waals surface area contributed by atoms with Crippen LogP contribution in [-0.4, -0.2) is 65.6 Å². The van der Waals surface area contributed by atoms with Gasteiger partial charge in [0.05, 0.1) is 0 Å². The molecule has 0 saturated carbocycles. The molecule has 0 aromatic carbocycles. The first-order valence-electron chi connectivity index (χ1n) is 3.39. The summed E-state index contributed by atoms with van der Waals surface area (Å²) in [7, 11) is 0. The zero-order chi connectivity index (χ0) is 7.72. The Morgan fingerprint density at radius 1 is 1.60 bits per heavy atom. The molecular weight excluding hydrogens is 160 g/mol. The number of carbonyl (C=O) groups is 1. The second-order valence-electron chi connectivity index (χ2n) is 2.69. The first-order chi connectivity index (χ1) is 4.63. The average Bonchev–Trinajstić information content (AvgIpc) is 1.93. The van der Waals surface area contributed by atoms with Gasteiger partial charge in [-0.05, 0) is 6.54 Å². The molecule has 0 radical (unpaired) electrons. The highest BCUT2D eigenvalue weighted by Crippen LogP contribution is 2.00. The lowest BCUT2D eigenvalue weighted by atomic mass is 10.4. The second-order valence-corrected chi connectivity index (χ2v) is 4.93. The molecule has 1 aliphatic rings. The van der Waals surface area contributed by atoms with Crippen LogP contribution in [0.5, 0.6) is 0 Å². The van der Waals surface area contributed by atoms with Gasteiger partial charge in [0.15, 0.2) is 0 Å². The summed E-state index contributed by atoms with van der Waals surface area (Å²) in [5.41, 5.74) is 0. The van der Waals surface area contributed by atoms with Crippen LogP contribution in [0.3, 0.4) is 0 Å². The molecule has 10 heavy (non-hydrogen) atoms. The van der Waals surface area contributed by atoms with Crippen molar-refractivity contribution >= 4 is 38.7 Å². The number of nitrogens with two attached hydrogens (primary N) is 1. The summed E-state index contributed by atoms with van der Waals surface area (Å²) in [4.78, 5) is 11.3. The molecule has 1 heterocycles. The lowest BCUT2D eigenvalue weighted by molar-refractivity contribution is -0.136. The van der Waals surface area contributed by atoms with E-state index in [9.17, 15) is 4.79 Å². The van der Waals surface area contributed by atoms with E-state index < -0.39 is 0 Å². The summed E-state index contributed by atoms with van der Waals surface area (Å²) < 4.78 is 2.19. The largest absolute Gasteiger partial charge is 0.391 e. The summed E-state index contributed by atoms with van der Waals surface area (Å²) in [6.45, 7) is 1.66. The van der Waals surface area contributed by atoms with Gasteiger partial charge in [-0.3, -0.25) is 9.80 Å². The molecule has 0 bridgehead atoms. The third-order valence-corrected chi connectivity index (χ3v) is 5.63. The fourth-order valence-corrected chi connectivity index (χ4v) is 2.01. The summed E-state index contributed by atoms with van der Waals surface area (Å²) in [6.07, 6.45) is 0. The Morgan fingerprint density at radius 3 is 2.70 bits per heavy atom. The van der Waals surface area contributed by atoms with E-state index in [1.165, 1.54) is 5.01 Å². The summed E-state index contributed by atoms with van der Waals surface area (Å²) >= 11 is 1.87. The smallest absolute Gasteiger partial charge is 0.321 e. The van der Waals surface area contributed by atoms with Crippen LogP contribution in [0, 0.1) is 0 Å². The molecule has 6 heteroatoms. The normalized spacial score (nSPS) is 29.1. The van der Waals surface area contributed by atoms with E-state index in [-0.39, 0.29) is 10.8 Å². The van der Waals surface area contributed by atoms with Crippen molar-refractivity contribution in [2.45, 2.75) is 4.90 Å². The molecule has 1 amide bonds. The first-order valence-corrected chi connectivity index (χ1v) is 5.44. The third kappa shape index (κ3) is 1.54. The standard InChI is InChI=1S/C4H7N3O.2Al.4H/c5-7-2-1-6-3-4(7)8;;;;;;/h3H,1-2,5H2;;;;;;/q-1;;+1;;;;. The lowest BCUT2D eigenvalue weighted by Crippen LogP contribution is -2.58. The SMILES string of the molecule is NN1CC[N]([AlH2])[CH]([AlH2])C1=O. The third-order valence-electron chi connectivity index (χ3n) is 2.00. The van der Waals surface area contributed by atoms with E-state index in [2.05, 4.69) is 3.88 Å².